The van der Waals surface area contributed by atoms with E-state index in [1.54, 1.807) is 0 Å². The van der Waals surface area contributed by atoms with Crippen molar-refractivity contribution in [1.29, 1.82) is 0 Å². The third kappa shape index (κ3) is 1.82. The number of hydrogen-bond donors (Lipinski definition) is 0. The van der Waals surface area contributed by atoms with Crippen molar-refractivity contribution in [2.24, 2.45) is 11.1 Å². The molecule has 2 aromatic rings. The van der Waals surface area contributed by atoms with Crippen molar-refractivity contribution in [2.45, 2.75) is 12.2 Å². The first-order chi connectivity index (χ1) is 9.93. The van der Waals surface area contributed by atoms with Gasteiger partial charge in [-0.15, -0.1) is 0 Å². The summed E-state index contributed by atoms with van der Waals surface area (Å²) in [5.41, 5.74) is 3.35. The van der Waals surface area contributed by atoms with Crippen LogP contribution in [0, 0.1) is 5.92 Å². The van der Waals surface area contributed by atoms with Crippen LogP contribution in [0.25, 0.3) is 0 Å². The first-order valence-electron chi connectivity index (χ1n) is 6.88. The van der Waals surface area contributed by atoms with Crippen molar-refractivity contribution in [2.75, 3.05) is 6.61 Å². The normalized spacial score (nSPS) is 27.8. The molecule has 0 unspecified atom stereocenters. The van der Waals surface area contributed by atoms with Crippen LogP contribution in [0.1, 0.15) is 23.3 Å². The van der Waals surface area contributed by atoms with Gasteiger partial charge in [0.25, 0.3) is 0 Å². The maximum atomic E-state index is 6.29. The van der Waals surface area contributed by atoms with Crippen LogP contribution in [0.5, 0.6) is 0 Å². The number of rotatable bonds is 2. The van der Waals surface area contributed by atoms with Crippen LogP contribution in [0.3, 0.4) is 0 Å². The molecular weight excluding hydrogens is 250 g/mol. The van der Waals surface area contributed by atoms with E-state index in [0.29, 0.717) is 6.61 Å². The van der Waals surface area contributed by atoms with Gasteiger partial charge in [0.05, 0.1) is 12.0 Å². The van der Waals surface area contributed by atoms with Gasteiger partial charge in [-0.25, -0.2) is 0 Å². The lowest BCUT2D eigenvalue weighted by Crippen LogP contribution is -2.14. The maximum absolute atomic E-state index is 6.29. The van der Waals surface area contributed by atoms with E-state index in [1.165, 1.54) is 5.56 Å². The van der Waals surface area contributed by atoms with Gasteiger partial charge in [0.15, 0.2) is 0 Å². The number of nitrogens with zero attached hydrogens (tertiary/aromatic N) is 1. The molecule has 3 nitrogen and oxygen atoms in total. The lowest BCUT2D eigenvalue weighted by molar-refractivity contribution is 0.0126. The molecule has 1 saturated heterocycles. The molecular formula is C17H15NO2. The molecule has 2 heterocycles. The fourth-order valence-corrected chi connectivity index (χ4v) is 2.97. The number of oxime groups is 1. The molecule has 0 bridgehead atoms. The molecule has 2 aliphatic rings. The molecule has 0 radical (unpaired) electrons. The molecule has 0 saturated carbocycles. The minimum atomic E-state index is -0.0890. The molecule has 0 aromatic heterocycles. The van der Waals surface area contributed by atoms with E-state index in [1.807, 2.05) is 36.4 Å². The highest BCUT2D eigenvalue weighted by molar-refractivity contribution is 5.94. The van der Waals surface area contributed by atoms with Gasteiger partial charge in [0, 0.05) is 0 Å². The summed E-state index contributed by atoms with van der Waals surface area (Å²) in [7, 11) is 0. The Hall–Kier alpha value is -2.13. The summed E-state index contributed by atoms with van der Waals surface area (Å²) in [5.74, 6) is 0.225. The van der Waals surface area contributed by atoms with E-state index in [-0.39, 0.29) is 18.1 Å². The van der Waals surface area contributed by atoms with Crippen LogP contribution in [-0.2, 0) is 9.57 Å². The molecule has 0 aliphatic carbocycles. The molecule has 2 aromatic carbocycles. The highest BCUT2D eigenvalue weighted by Gasteiger charge is 2.46. The lowest BCUT2D eigenvalue weighted by atomic mass is 9.92. The molecule has 3 heteroatoms. The summed E-state index contributed by atoms with van der Waals surface area (Å²) in [6, 6.07) is 20.5. The standard InChI is InChI=1S/C17H15NO2/c1-3-7-12(8-4-1)16-14-11-19-18-15(14)17(20-16)13-9-5-2-6-10-13/h1-10,14,16-17H,11H2/t14-,16-,17-/m0/s1. The van der Waals surface area contributed by atoms with Crippen molar-refractivity contribution in [3.63, 3.8) is 0 Å². The van der Waals surface area contributed by atoms with Crippen molar-refractivity contribution in [3.05, 3.63) is 71.8 Å². The van der Waals surface area contributed by atoms with Gasteiger partial charge in [-0.3, -0.25) is 0 Å². The van der Waals surface area contributed by atoms with Gasteiger partial charge < -0.3 is 9.57 Å². The monoisotopic (exact) mass is 265 g/mol. The number of fused-ring (bicyclic) bond motifs is 1. The van der Waals surface area contributed by atoms with E-state index in [0.717, 1.165) is 11.3 Å². The summed E-state index contributed by atoms with van der Waals surface area (Å²) in [5, 5.41) is 4.22. The zero-order valence-corrected chi connectivity index (χ0v) is 11.0. The molecule has 3 atom stereocenters. The Morgan fingerprint density at radius 3 is 2.20 bits per heavy atom. The minimum absolute atomic E-state index is 0.0302. The van der Waals surface area contributed by atoms with Crippen LogP contribution in [0.2, 0.25) is 0 Å². The molecule has 0 spiro atoms. The van der Waals surface area contributed by atoms with Crippen molar-refractivity contribution in [3.8, 4) is 0 Å². The van der Waals surface area contributed by atoms with Gasteiger partial charge in [0.2, 0.25) is 0 Å². The SMILES string of the molecule is c1ccc([C@@H]2O[C@@H](c3ccccc3)[C@H]3CON=C23)cc1. The van der Waals surface area contributed by atoms with Crippen LogP contribution < -0.4 is 0 Å². The second-order valence-electron chi connectivity index (χ2n) is 5.18. The lowest BCUT2D eigenvalue weighted by Gasteiger charge is -2.16. The van der Waals surface area contributed by atoms with Crippen LogP contribution in [0.15, 0.2) is 65.8 Å². The number of hydrogen-bond acceptors (Lipinski definition) is 3. The Bertz CT molecular complexity index is 624. The summed E-state index contributed by atoms with van der Waals surface area (Å²) in [6.45, 7) is 0.609. The maximum Gasteiger partial charge on any atom is 0.128 e. The Labute approximate surface area is 117 Å². The first kappa shape index (κ1) is 11.7. The molecule has 1 fully saturated rings. The topological polar surface area (TPSA) is 30.8 Å². The summed E-state index contributed by atoms with van der Waals surface area (Å²) in [6.07, 6.45) is -0.0587. The van der Waals surface area contributed by atoms with E-state index >= 15 is 0 Å². The van der Waals surface area contributed by atoms with Gasteiger partial charge >= 0.3 is 0 Å². The Balaban J connectivity index is 1.71. The average molecular weight is 265 g/mol. The first-order valence-corrected chi connectivity index (χ1v) is 6.88. The fraction of sp³-hybridized carbons (Fsp3) is 0.235. The quantitative estimate of drug-likeness (QED) is 0.832. The minimum Gasteiger partial charge on any atom is -0.395 e. The van der Waals surface area contributed by atoms with Crippen LogP contribution >= 0.6 is 0 Å². The Kier molecular flexibility index (Phi) is 2.78. The molecule has 0 amide bonds. The zero-order valence-electron chi connectivity index (χ0n) is 11.0. The summed E-state index contributed by atoms with van der Waals surface area (Å²) >= 11 is 0. The van der Waals surface area contributed by atoms with Gasteiger partial charge in [0.1, 0.15) is 18.4 Å². The van der Waals surface area contributed by atoms with E-state index < -0.39 is 0 Å². The van der Waals surface area contributed by atoms with Crippen molar-refractivity contribution >= 4 is 5.71 Å². The van der Waals surface area contributed by atoms with Crippen molar-refractivity contribution in [1.82, 2.24) is 0 Å². The Morgan fingerprint density at radius 2 is 1.50 bits per heavy atom. The van der Waals surface area contributed by atoms with Gasteiger partial charge in [-0.1, -0.05) is 65.8 Å². The molecule has 100 valence electrons. The predicted octanol–water partition coefficient (Wildman–Crippen LogP) is 3.50. The van der Waals surface area contributed by atoms with Crippen LogP contribution in [-0.4, -0.2) is 12.3 Å². The van der Waals surface area contributed by atoms with E-state index in [2.05, 4.69) is 29.4 Å². The highest BCUT2D eigenvalue weighted by Crippen LogP contribution is 2.45. The smallest absolute Gasteiger partial charge is 0.128 e. The average Bonchev–Trinajstić information content (AvgIpc) is 3.11. The van der Waals surface area contributed by atoms with E-state index in [4.69, 9.17) is 9.57 Å². The third-order valence-electron chi connectivity index (χ3n) is 3.95. The van der Waals surface area contributed by atoms with Gasteiger partial charge in [-0.05, 0) is 11.1 Å². The largest absolute Gasteiger partial charge is 0.395 e. The highest BCUT2D eigenvalue weighted by atomic mass is 16.6. The second-order valence-corrected chi connectivity index (χ2v) is 5.18. The second kappa shape index (κ2) is 4.76. The fourth-order valence-electron chi connectivity index (χ4n) is 2.97. The zero-order chi connectivity index (χ0) is 13.4. The Morgan fingerprint density at radius 1 is 0.850 bits per heavy atom. The molecule has 0 N–H and O–H groups in total. The number of benzene rings is 2. The van der Waals surface area contributed by atoms with Crippen LogP contribution in [0.4, 0.5) is 0 Å². The summed E-state index contributed by atoms with van der Waals surface area (Å²) < 4.78 is 6.29. The summed E-state index contributed by atoms with van der Waals surface area (Å²) in [4.78, 5) is 5.32. The predicted molar refractivity (Wildman–Crippen MR) is 76.3 cm³/mol. The van der Waals surface area contributed by atoms with Crippen molar-refractivity contribution < 1.29 is 9.57 Å². The number of ether oxygens (including phenoxy) is 1. The van der Waals surface area contributed by atoms with Gasteiger partial charge in [-0.2, -0.15) is 0 Å². The molecule has 2 aliphatic heterocycles. The van der Waals surface area contributed by atoms with E-state index in [9.17, 15) is 0 Å². The molecule has 20 heavy (non-hydrogen) atoms. The molecule has 4 rings (SSSR count). The third-order valence-corrected chi connectivity index (χ3v) is 3.95.